The summed E-state index contributed by atoms with van der Waals surface area (Å²) in [4.78, 5) is 30.6. The summed E-state index contributed by atoms with van der Waals surface area (Å²) in [5, 5.41) is 0. The molecule has 7 heteroatoms. The molecule has 0 radical (unpaired) electrons. The number of fused-ring (bicyclic) bond motifs is 1. The van der Waals surface area contributed by atoms with E-state index in [0.717, 1.165) is 55.3 Å². The van der Waals surface area contributed by atoms with E-state index in [9.17, 15) is 4.79 Å². The van der Waals surface area contributed by atoms with Gasteiger partial charge in [-0.1, -0.05) is 0 Å². The highest BCUT2D eigenvalue weighted by atomic mass is 16.6. The number of hydrogen-bond acceptors (Lipinski definition) is 6. The molecule has 1 fully saturated rings. The summed E-state index contributed by atoms with van der Waals surface area (Å²) >= 11 is 0. The molecule has 0 spiro atoms. The van der Waals surface area contributed by atoms with Gasteiger partial charge in [-0.3, -0.25) is 4.98 Å². The molecule has 7 nitrogen and oxygen atoms in total. The van der Waals surface area contributed by atoms with Gasteiger partial charge in [-0.2, -0.15) is 0 Å². The van der Waals surface area contributed by atoms with Crippen molar-refractivity contribution in [1.29, 1.82) is 0 Å². The number of piperazine rings is 1. The van der Waals surface area contributed by atoms with E-state index in [2.05, 4.69) is 16.8 Å². The Bertz CT molecular complexity index is 894. The highest BCUT2D eigenvalue weighted by molar-refractivity contribution is 5.69. The zero-order valence-electron chi connectivity index (χ0n) is 17.7. The first-order valence-electron chi connectivity index (χ1n) is 10.4. The molecule has 4 rings (SSSR count). The summed E-state index contributed by atoms with van der Waals surface area (Å²) in [7, 11) is 0. The Morgan fingerprint density at radius 1 is 1.14 bits per heavy atom. The van der Waals surface area contributed by atoms with Crippen LogP contribution in [0.2, 0.25) is 0 Å². The van der Waals surface area contributed by atoms with Crippen molar-refractivity contribution in [2.75, 3.05) is 24.5 Å². The zero-order valence-corrected chi connectivity index (χ0v) is 17.7. The molecule has 2 aromatic rings. The summed E-state index contributed by atoms with van der Waals surface area (Å²) in [6.07, 6.45) is 6.43. The Labute approximate surface area is 172 Å². The number of nitrogens with zero attached hydrogens (tertiary/aromatic N) is 5. The molecule has 1 amide bonds. The molecule has 1 aliphatic carbocycles. The standard InChI is InChI=1S/C22H29N5O2/c1-15-14-26(12-13-27(15)21(28)29-22(2,3)4)20-17-6-5-7-18(17)24-19(25-20)16-8-10-23-11-9-16/h8-11,15H,5-7,12-14H2,1-4H3/t15-/m1/s1. The third kappa shape index (κ3) is 4.18. The molecule has 0 aromatic carbocycles. The lowest BCUT2D eigenvalue weighted by Gasteiger charge is -2.41. The first-order valence-corrected chi connectivity index (χ1v) is 10.4. The second kappa shape index (κ2) is 7.61. The third-order valence-electron chi connectivity index (χ3n) is 5.40. The van der Waals surface area contributed by atoms with Crippen molar-refractivity contribution in [3.05, 3.63) is 35.8 Å². The fourth-order valence-corrected chi connectivity index (χ4v) is 4.05. The lowest BCUT2D eigenvalue weighted by Crippen LogP contribution is -2.55. The predicted octanol–water partition coefficient (Wildman–Crippen LogP) is 3.47. The van der Waals surface area contributed by atoms with Gasteiger partial charge < -0.3 is 14.5 Å². The van der Waals surface area contributed by atoms with Gasteiger partial charge >= 0.3 is 6.09 Å². The molecular weight excluding hydrogens is 366 g/mol. The van der Waals surface area contributed by atoms with Gasteiger partial charge in [-0.15, -0.1) is 0 Å². The summed E-state index contributed by atoms with van der Waals surface area (Å²) in [5.41, 5.74) is 2.92. The Balaban J connectivity index is 1.58. The molecule has 0 N–H and O–H groups in total. The van der Waals surface area contributed by atoms with Crippen LogP contribution in [-0.2, 0) is 17.6 Å². The van der Waals surface area contributed by atoms with E-state index in [0.29, 0.717) is 6.54 Å². The van der Waals surface area contributed by atoms with Gasteiger partial charge in [-0.05, 0) is 59.1 Å². The van der Waals surface area contributed by atoms with Crippen LogP contribution >= 0.6 is 0 Å². The first-order chi connectivity index (χ1) is 13.8. The highest BCUT2D eigenvalue weighted by Gasteiger charge is 2.33. The number of anilines is 1. The van der Waals surface area contributed by atoms with Gasteiger partial charge in [0.25, 0.3) is 0 Å². The highest BCUT2D eigenvalue weighted by Crippen LogP contribution is 2.32. The van der Waals surface area contributed by atoms with Gasteiger partial charge in [0, 0.05) is 54.9 Å². The van der Waals surface area contributed by atoms with Gasteiger partial charge in [-0.25, -0.2) is 14.8 Å². The van der Waals surface area contributed by atoms with Crippen LogP contribution in [0.3, 0.4) is 0 Å². The number of amides is 1. The van der Waals surface area contributed by atoms with Crippen LogP contribution in [0.4, 0.5) is 10.6 Å². The molecule has 29 heavy (non-hydrogen) atoms. The molecule has 2 aliphatic rings. The van der Waals surface area contributed by atoms with Gasteiger partial charge in [0.05, 0.1) is 0 Å². The number of pyridine rings is 1. The molecule has 1 saturated heterocycles. The maximum Gasteiger partial charge on any atom is 0.410 e. The molecule has 0 unspecified atom stereocenters. The van der Waals surface area contributed by atoms with Gasteiger partial charge in [0.15, 0.2) is 5.82 Å². The van der Waals surface area contributed by atoms with Crippen molar-refractivity contribution in [1.82, 2.24) is 19.9 Å². The summed E-state index contributed by atoms with van der Waals surface area (Å²) in [6, 6.07) is 3.95. The summed E-state index contributed by atoms with van der Waals surface area (Å²) < 4.78 is 5.58. The molecule has 1 aliphatic heterocycles. The lowest BCUT2D eigenvalue weighted by atomic mass is 10.1. The fourth-order valence-electron chi connectivity index (χ4n) is 4.05. The van der Waals surface area contributed by atoms with Crippen molar-refractivity contribution < 1.29 is 9.53 Å². The SMILES string of the molecule is C[C@@H]1CN(c2nc(-c3ccncc3)nc3c2CCC3)CCN1C(=O)OC(C)(C)C. The van der Waals surface area contributed by atoms with Crippen molar-refractivity contribution in [2.45, 2.75) is 58.6 Å². The normalized spacial score (nSPS) is 19.2. The van der Waals surface area contributed by atoms with Gasteiger partial charge in [0.2, 0.25) is 0 Å². The van der Waals surface area contributed by atoms with Crippen LogP contribution in [0, 0.1) is 0 Å². The van der Waals surface area contributed by atoms with Crippen LogP contribution in [0.5, 0.6) is 0 Å². The number of aromatic nitrogens is 3. The van der Waals surface area contributed by atoms with E-state index in [1.807, 2.05) is 37.8 Å². The average molecular weight is 396 g/mol. The zero-order chi connectivity index (χ0) is 20.6. The van der Waals surface area contributed by atoms with Crippen LogP contribution < -0.4 is 4.90 Å². The molecule has 154 valence electrons. The van der Waals surface area contributed by atoms with E-state index in [1.165, 1.54) is 5.56 Å². The largest absolute Gasteiger partial charge is 0.444 e. The molecular formula is C22H29N5O2. The third-order valence-corrected chi connectivity index (χ3v) is 5.40. The molecule has 2 aromatic heterocycles. The van der Waals surface area contributed by atoms with Crippen molar-refractivity contribution in [3.63, 3.8) is 0 Å². The summed E-state index contributed by atoms with van der Waals surface area (Å²) in [5.74, 6) is 1.78. The number of aryl methyl sites for hydroxylation is 1. The second-order valence-electron chi connectivity index (χ2n) is 8.85. The number of carbonyl (C=O) groups excluding carboxylic acids is 1. The minimum absolute atomic E-state index is 0.0509. The van der Waals surface area contributed by atoms with Crippen LogP contribution in [0.1, 0.15) is 45.4 Å². The quantitative estimate of drug-likeness (QED) is 0.775. The molecule has 0 saturated carbocycles. The van der Waals surface area contributed by atoms with E-state index in [1.54, 1.807) is 12.4 Å². The Hall–Kier alpha value is -2.70. The maximum absolute atomic E-state index is 12.5. The van der Waals surface area contributed by atoms with Crippen molar-refractivity contribution in [2.24, 2.45) is 0 Å². The van der Waals surface area contributed by atoms with E-state index < -0.39 is 5.60 Å². The first kappa shape index (κ1) is 19.6. The maximum atomic E-state index is 12.5. The predicted molar refractivity (Wildman–Crippen MR) is 112 cm³/mol. The van der Waals surface area contributed by atoms with Crippen molar-refractivity contribution in [3.8, 4) is 11.4 Å². The van der Waals surface area contributed by atoms with Crippen LogP contribution in [0.15, 0.2) is 24.5 Å². The minimum atomic E-state index is -0.485. The minimum Gasteiger partial charge on any atom is -0.444 e. The molecule has 0 bridgehead atoms. The van der Waals surface area contributed by atoms with Crippen molar-refractivity contribution >= 4 is 11.9 Å². The van der Waals surface area contributed by atoms with Crippen LogP contribution in [-0.4, -0.2) is 57.2 Å². The lowest BCUT2D eigenvalue weighted by molar-refractivity contribution is 0.0158. The molecule has 3 heterocycles. The van der Waals surface area contributed by atoms with E-state index in [4.69, 9.17) is 14.7 Å². The van der Waals surface area contributed by atoms with E-state index in [-0.39, 0.29) is 12.1 Å². The van der Waals surface area contributed by atoms with Crippen LogP contribution in [0.25, 0.3) is 11.4 Å². The topological polar surface area (TPSA) is 71.5 Å². The Morgan fingerprint density at radius 3 is 2.59 bits per heavy atom. The average Bonchev–Trinajstić information content (AvgIpc) is 3.15. The van der Waals surface area contributed by atoms with E-state index >= 15 is 0 Å². The van der Waals surface area contributed by atoms with Gasteiger partial charge in [0.1, 0.15) is 11.4 Å². The monoisotopic (exact) mass is 395 g/mol. The number of ether oxygens (including phenoxy) is 1. The number of rotatable bonds is 2. The smallest absolute Gasteiger partial charge is 0.410 e. The number of carbonyl (C=O) groups is 1. The Morgan fingerprint density at radius 2 is 1.90 bits per heavy atom. The Kier molecular flexibility index (Phi) is 5.15. The number of hydrogen-bond donors (Lipinski definition) is 0. The second-order valence-corrected chi connectivity index (χ2v) is 8.85. The fraction of sp³-hybridized carbons (Fsp3) is 0.545. The molecule has 1 atom stereocenters. The summed E-state index contributed by atoms with van der Waals surface area (Å²) in [6.45, 7) is 9.87.